The topological polar surface area (TPSA) is 29.5 Å². The van der Waals surface area contributed by atoms with Crippen LogP contribution >= 0.6 is 0 Å². The largest absolute Gasteiger partial charge is 0.490 e. The van der Waals surface area contributed by atoms with Crippen molar-refractivity contribution in [3.05, 3.63) is 41.5 Å². The highest BCUT2D eigenvalue weighted by Crippen LogP contribution is 2.23. The lowest BCUT2D eigenvalue weighted by molar-refractivity contribution is 0.0218. The Bertz CT molecular complexity index is 441. The van der Waals surface area contributed by atoms with Crippen molar-refractivity contribution in [3.8, 4) is 5.75 Å². The Hall–Kier alpha value is -1.28. The van der Waals surface area contributed by atoms with Crippen LogP contribution in [0.15, 0.2) is 35.9 Å². The van der Waals surface area contributed by atoms with Crippen LogP contribution in [0.4, 0.5) is 0 Å². The van der Waals surface area contributed by atoms with Gasteiger partial charge in [-0.05, 0) is 69.2 Å². The van der Waals surface area contributed by atoms with Crippen molar-refractivity contribution in [1.82, 2.24) is 0 Å². The first-order valence-corrected chi connectivity index (χ1v) is 8.62. The molecule has 0 saturated carbocycles. The summed E-state index contributed by atoms with van der Waals surface area (Å²) in [7, 11) is 0. The summed E-state index contributed by atoms with van der Waals surface area (Å²) in [5.41, 5.74) is 2.19. The SMILES string of the molecule is CCc1ccc(OCC=C(C)CCCC(O)(CC)CC)cc1. The van der Waals surface area contributed by atoms with Crippen LogP contribution in [-0.4, -0.2) is 17.3 Å². The van der Waals surface area contributed by atoms with Crippen molar-refractivity contribution in [1.29, 1.82) is 0 Å². The lowest BCUT2D eigenvalue weighted by atomic mass is 9.90. The van der Waals surface area contributed by atoms with Gasteiger partial charge in [-0.15, -0.1) is 0 Å². The van der Waals surface area contributed by atoms with E-state index >= 15 is 0 Å². The van der Waals surface area contributed by atoms with E-state index in [0.717, 1.165) is 44.3 Å². The number of hydrogen-bond donors (Lipinski definition) is 1. The van der Waals surface area contributed by atoms with Gasteiger partial charge in [-0.1, -0.05) is 38.5 Å². The van der Waals surface area contributed by atoms with Crippen LogP contribution in [0.1, 0.15) is 65.4 Å². The monoisotopic (exact) mass is 304 g/mol. The molecule has 1 N–H and O–H groups in total. The highest BCUT2D eigenvalue weighted by Gasteiger charge is 2.20. The van der Waals surface area contributed by atoms with Crippen LogP contribution in [0.25, 0.3) is 0 Å². The van der Waals surface area contributed by atoms with E-state index in [9.17, 15) is 5.11 Å². The fourth-order valence-electron chi connectivity index (χ4n) is 2.50. The van der Waals surface area contributed by atoms with Crippen molar-refractivity contribution in [2.45, 2.75) is 71.8 Å². The van der Waals surface area contributed by atoms with Crippen LogP contribution < -0.4 is 4.74 Å². The van der Waals surface area contributed by atoms with Crippen LogP contribution in [0.5, 0.6) is 5.75 Å². The minimum Gasteiger partial charge on any atom is -0.490 e. The molecule has 0 heterocycles. The summed E-state index contributed by atoms with van der Waals surface area (Å²) in [6, 6.07) is 8.29. The fraction of sp³-hybridized carbons (Fsp3) is 0.600. The second-order valence-corrected chi connectivity index (χ2v) is 6.14. The van der Waals surface area contributed by atoms with E-state index in [2.05, 4.69) is 45.9 Å². The lowest BCUT2D eigenvalue weighted by Gasteiger charge is -2.25. The zero-order valence-corrected chi connectivity index (χ0v) is 14.7. The first-order chi connectivity index (χ1) is 10.5. The summed E-state index contributed by atoms with van der Waals surface area (Å²) in [5, 5.41) is 10.3. The zero-order chi connectivity index (χ0) is 16.4. The summed E-state index contributed by atoms with van der Waals surface area (Å²) in [4.78, 5) is 0. The molecule has 0 spiro atoms. The van der Waals surface area contributed by atoms with Gasteiger partial charge in [-0.25, -0.2) is 0 Å². The Morgan fingerprint density at radius 2 is 1.77 bits per heavy atom. The molecule has 2 nitrogen and oxygen atoms in total. The Morgan fingerprint density at radius 3 is 2.32 bits per heavy atom. The Balaban J connectivity index is 2.30. The number of aryl methyl sites for hydroxylation is 1. The predicted octanol–water partition coefficient (Wildman–Crippen LogP) is 5.30. The normalized spacial score (nSPS) is 12.5. The quantitative estimate of drug-likeness (QED) is 0.595. The molecule has 0 amide bonds. The second-order valence-electron chi connectivity index (χ2n) is 6.14. The predicted molar refractivity (Wildman–Crippen MR) is 94.5 cm³/mol. The Kier molecular flexibility index (Phi) is 8.26. The van der Waals surface area contributed by atoms with Gasteiger partial charge in [-0.3, -0.25) is 0 Å². The minimum atomic E-state index is -0.474. The molecule has 1 aromatic rings. The summed E-state index contributed by atoms with van der Waals surface area (Å²) in [6.07, 6.45) is 7.81. The maximum absolute atomic E-state index is 10.3. The maximum atomic E-state index is 10.3. The molecule has 0 aromatic heterocycles. The van der Waals surface area contributed by atoms with Gasteiger partial charge in [0.1, 0.15) is 12.4 Å². The third kappa shape index (κ3) is 6.65. The number of ether oxygens (including phenoxy) is 1. The zero-order valence-electron chi connectivity index (χ0n) is 14.7. The van der Waals surface area contributed by atoms with Gasteiger partial charge in [-0.2, -0.15) is 0 Å². The van der Waals surface area contributed by atoms with Gasteiger partial charge in [0.2, 0.25) is 0 Å². The molecule has 124 valence electrons. The lowest BCUT2D eigenvalue weighted by Crippen LogP contribution is -2.26. The Morgan fingerprint density at radius 1 is 1.14 bits per heavy atom. The number of hydrogen-bond acceptors (Lipinski definition) is 2. The maximum Gasteiger partial charge on any atom is 0.119 e. The van der Waals surface area contributed by atoms with E-state index in [0.29, 0.717) is 6.61 Å². The summed E-state index contributed by atoms with van der Waals surface area (Å²) in [5.74, 6) is 0.924. The molecule has 0 saturated heterocycles. The molecule has 1 rings (SSSR count). The molecular weight excluding hydrogens is 272 g/mol. The molecule has 0 radical (unpaired) electrons. The van der Waals surface area contributed by atoms with Gasteiger partial charge >= 0.3 is 0 Å². The molecule has 0 aliphatic rings. The van der Waals surface area contributed by atoms with E-state index < -0.39 is 5.60 Å². The van der Waals surface area contributed by atoms with Crippen molar-refractivity contribution in [2.75, 3.05) is 6.61 Å². The summed E-state index contributed by atoms with van der Waals surface area (Å²) < 4.78 is 5.74. The number of rotatable bonds is 10. The summed E-state index contributed by atoms with van der Waals surface area (Å²) in [6.45, 7) is 9.03. The first kappa shape index (κ1) is 18.8. The van der Waals surface area contributed by atoms with E-state index in [4.69, 9.17) is 4.74 Å². The average molecular weight is 304 g/mol. The highest BCUT2D eigenvalue weighted by atomic mass is 16.5. The van der Waals surface area contributed by atoms with E-state index in [-0.39, 0.29) is 0 Å². The van der Waals surface area contributed by atoms with Gasteiger partial charge in [0.05, 0.1) is 5.60 Å². The third-order valence-electron chi connectivity index (χ3n) is 4.54. The van der Waals surface area contributed by atoms with Crippen molar-refractivity contribution >= 4 is 0 Å². The summed E-state index contributed by atoms with van der Waals surface area (Å²) >= 11 is 0. The van der Waals surface area contributed by atoms with Crippen LogP contribution in [0, 0.1) is 0 Å². The van der Waals surface area contributed by atoms with Gasteiger partial charge in [0, 0.05) is 0 Å². The van der Waals surface area contributed by atoms with Crippen molar-refractivity contribution < 1.29 is 9.84 Å². The second kappa shape index (κ2) is 9.68. The standard InChI is InChI=1S/C20H32O2/c1-5-18-10-12-19(13-11-18)22-16-14-17(4)9-8-15-20(21,6-2)7-3/h10-14,21H,5-9,15-16H2,1-4H3. The molecule has 0 aliphatic heterocycles. The van der Waals surface area contributed by atoms with Crippen molar-refractivity contribution in [2.24, 2.45) is 0 Å². The van der Waals surface area contributed by atoms with Crippen LogP contribution in [0.2, 0.25) is 0 Å². The first-order valence-electron chi connectivity index (χ1n) is 8.62. The molecule has 0 bridgehead atoms. The molecule has 2 heteroatoms. The third-order valence-corrected chi connectivity index (χ3v) is 4.54. The Labute approximate surface area is 136 Å². The molecule has 22 heavy (non-hydrogen) atoms. The van der Waals surface area contributed by atoms with E-state index in [1.807, 2.05) is 12.1 Å². The van der Waals surface area contributed by atoms with Crippen LogP contribution in [0.3, 0.4) is 0 Å². The average Bonchev–Trinajstić information content (AvgIpc) is 2.55. The van der Waals surface area contributed by atoms with Gasteiger partial charge in [0.15, 0.2) is 0 Å². The number of aliphatic hydroxyl groups is 1. The molecule has 0 atom stereocenters. The fourth-order valence-corrected chi connectivity index (χ4v) is 2.50. The van der Waals surface area contributed by atoms with E-state index in [1.54, 1.807) is 0 Å². The highest BCUT2D eigenvalue weighted by molar-refractivity contribution is 5.27. The molecule has 0 fully saturated rings. The molecule has 1 aromatic carbocycles. The van der Waals surface area contributed by atoms with Gasteiger partial charge < -0.3 is 9.84 Å². The van der Waals surface area contributed by atoms with Gasteiger partial charge in [0.25, 0.3) is 0 Å². The van der Waals surface area contributed by atoms with Crippen LogP contribution in [-0.2, 0) is 6.42 Å². The molecule has 0 unspecified atom stereocenters. The number of allylic oxidation sites excluding steroid dienone is 1. The molecule has 0 aliphatic carbocycles. The smallest absolute Gasteiger partial charge is 0.119 e. The molecular formula is C20H32O2. The minimum absolute atomic E-state index is 0.474. The van der Waals surface area contributed by atoms with E-state index in [1.165, 1.54) is 11.1 Å². The number of benzene rings is 1. The van der Waals surface area contributed by atoms with Crippen molar-refractivity contribution in [3.63, 3.8) is 0 Å².